The van der Waals surface area contributed by atoms with Gasteiger partial charge in [-0.3, -0.25) is 4.57 Å². The van der Waals surface area contributed by atoms with E-state index in [1.807, 2.05) is 18.6 Å². The van der Waals surface area contributed by atoms with Gasteiger partial charge in [-0.25, -0.2) is 9.97 Å². The fourth-order valence-corrected chi connectivity index (χ4v) is 3.07. The van der Waals surface area contributed by atoms with Crippen LogP contribution < -0.4 is 5.32 Å². The van der Waals surface area contributed by atoms with Crippen molar-refractivity contribution in [3.8, 4) is 5.82 Å². The highest BCUT2D eigenvalue weighted by atomic mass is 15.1. The van der Waals surface area contributed by atoms with Crippen molar-refractivity contribution in [3.05, 3.63) is 41.6 Å². The molecule has 1 aliphatic carbocycles. The summed E-state index contributed by atoms with van der Waals surface area (Å²) in [6, 6.07) is 4.49. The van der Waals surface area contributed by atoms with Crippen molar-refractivity contribution in [1.29, 1.82) is 0 Å². The van der Waals surface area contributed by atoms with Gasteiger partial charge < -0.3 is 5.32 Å². The number of hydrogen-bond donors (Lipinski definition) is 1. The minimum atomic E-state index is 0.301. The van der Waals surface area contributed by atoms with Crippen LogP contribution in [0.3, 0.4) is 0 Å². The Morgan fingerprint density at radius 1 is 1.29 bits per heavy atom. The first-order valence-electron chi connectivity index (χ1n) is 8.05. The van der Waals surface area contributed by atoms with Crippen molar-refractivity contribution in [2.24, 2.45) is 0 Å². The van der Waals surface area contributed by atoms with Crippen LogP contribution in [0.5, 0.6) is 0 Å². The molecular weight excluding hydrogens is 260 g/mol. The Labute approximate surface area is 126 Å². The van der Waals surface area contributed by atoms with Crippen molar-refractivity contribution >= 4 is 0 Å². The van der Waals surface area contributed by atoms with E-state index in [0.29, 0.717) is 6.04 Å². The molecule has 0 saturated heterocycles. The molecule has 4 heteroatoms. The second-order valence-corrected chi connectivity index (χ2v) is 5.81. The highest BCUT2D eigenvalue weighted by Crippen LogP contribution is 2.26. The van der Waals surface area contributed by atoms with Gasteiger partial charge in [-0.2, -0.15) is 0 Å². The van der Waals surface area contributed by atoms with Gasteiger partial charge in [-0.1, -0.05) is 13.0 Å². The lowest BCUT2D eigenvalue weighted by Gasteiger charge is -2.19. The Morgan fingerprint density at radius 3 is 3.00 bits per heavy atom. The lowest BCUT2D eigenvalue weighted by Crippen LogP contribution is -2.21. The summed E-state index contributed by atoms with van der Waals surface area (Å²) >= 11 is 0. The molecule has 3 rings (SSSR count). The maximum atomic E-state index is 4.64. The van der Waals surface area contributed by atoms with Crippen LogP contribution in [0, 0.1) is 0 Å². The minimum absolute atomic E-state index is 0.301. The zero-order chi connectivity index (χ0) is 14.7. The number of fused-ring (bicyclic) bond motifs is 1. The zero-order valence-corrected chi connectivity index (χ0v) is 13.0. The standard InChI is InChI=1S/C17H24N4/c1-3-10-18-13(2)14-7-6-11-19-17(14)21-12-20-15-8-4-5-9-16(15)21/h6-7,11-13,18H,3-5,8-10H2,1-2H3. The van der Waals surface area contributed by atoms with E-state index in [1.54, 1.807) is 0 Å². The van der Waals surface area contributed by atoms with Gasteiger partial charge in [0.05, 0.1) is 5.69 Å². The Bertz CT molecular complexity index is 603. The number of hydrogen-bond acceptors (Lipinski definition) is 3. The lowest BCUT2D eigenvalue weighted by atomic mass is 10.0. The Morgan fingerprint density at radius 2 is 2.14 bits per heavy atom. The normalized spacial score (nSPS) is 15.7. The van der Waals surface area contributed by atoms with Crippen molar-refractivity contribution in [1.82, 2.24) is 19.9 Å². The lowest BCUT2D eigenvalue weighted by molar-refractivity contribution is 0.565. The molecule has 0 bridgehead atoms. The molecule has 0 radical (unpaired) electrons. The van der Waals surface area contributed by atoms with Gasteiger partial charge in [-0.05, 0) is 51.6 Å². The first-order valence-corrected chi connectivity index (χ1v) is 8.05. The third-order valence-corrected chi connectivity index (χ3v) is 4.24. The quantitative estimate of drug-likeness (QED) is 0.917. The van der Waals surface area contributed by atoms with Crippen molar-refractivity contribution in [3.63, 3.8) is 0 Å². The van der Waals surface area contributed by atoms with Crippen LogP contribution in [-0.4, -0.2) is 21.1 Å². The molecule has 1 unspecified atom stereocenters. The maximum absolute atomic E-state index is 4.64. The molecule has 2 aromatic rings. The molecule has 1 N–H and O–H groups in total. The average molecular weight is 284 g/mol. The Hall–Kier alpha value is -1.68. The summed E-state index contributed by atoms with van der Waals surface area (Å²) in [6.07, 6.45) is 9.70. The number of aryl methyl sites for hydroxylation is 1. The van der Waals surface area contributed by atoms with Crippen LogP contribution in [0.4, 0.5) is 0 Å². The zero-order valence-electron chi connectivity index (χ0n) is 13.0. The number of nitrogens with zero attached hydrogens (tertiary/aromatic N) is 3. The van der Waals surface area contributed by atoms with Crippen molar-refractivity contribution in [2.45, 2.75) is 52.0 Å². The van der Waals surface area contributed by atoms with Crippen LogP contribution in [0.15, 0.2) is 24.7 Å². The number of pyridine rings is 1. The monoisotopic (exact) mass is 284 g/mol. The smallest absolute Gasteiger partial charge is 0.142 e. The molecule has 0 fully saturated rings. The van der Waals surface area contributed by atoms with E-state index in [4.69, 9.17) is 0 Å². The van der Waals surface area contributed by atoms with E-state index in [0.717, 1.165) is 31.6 Å². The molecule has 21 heavy (non-hydrogen) atoms. The third-order valence-electron chi connectivity index (χ3n) is 4.24. The van der Waals surface area contributed by atoms with E-state index >= 15 is 0 Å². The predicted molar refractivity (Wildman–Crippen MR) is 84.7 cm³/mol. The van der Waals surface area contributed by atoms with Crippen LogP contribution in [0.2, 0.25) is 0 Å². The average Bonchev–Trinajstić information content (AvgIpc) is 2.96. The van der Waals surface area contributed by atoms with Crippen LogP contribution in [-0.2, 0) is 12.8 Å². The van der Waals surface area contributed by atoms with E-state index in [9.17, 15) is 0 Å². The van der Waals surface area contributed by atoms with Crippen LogP contribution in [0.1, 0.15) is 56.1 Å². The molecule has 1 aliphatic rings. The summed E-state index contributed by atoms with van der Waals surface area (Å²) in [4.78, 5) is 9.24. The fraction of sp³-hybridized carbons (Fsp3) is 0.529. The molecule has 4 nitrogen and oxygen atoms in total. The fourth-order valence-electron chi connectivity index (χ4n) is 3.07. The maximum Gasteiger partial charge on any atom is 0.142 e. The SMILES string of the molecule is CCCNC(C)c1cccnc1-n1cnc2c1CCCC2. The van der Waals surface area contributed by atoms with Gasteiger partial charge in [-0.15, -0.1) is 0 Å². The highest BCUT2D eigenvalue weighted by molar-refractivity contribution is 5.39. The van der Waals surface area contributed by atoms with E-state index in [1.165, 1.54) is 29.8 Å². The third kappa shape index (κ3) is 2.86. The topological polar surface area (TPSA) is 42.7 Å². The molecule has 0 spiro atoms. The van der Waals surface area contributed by atoms with Gasteiger partial charge in [0, 0.05) is 23.5 Å². The molecule has 0 aromatic carbocycles. The van der Waals surface area contributed by atoms with E-state index in [-0.39, 0.29) is 0 Å². The van der Waals surface area contributed by atoms with Gasteiger partial charge >= 0.3 is 0 Å². The second kappa shape index (κ2) is 6.39. The predicted octanol–water partition coefficient (Wildman–Crippen LogP) is 3.21. The van der Waals surface area contributed by atoms with Crippen molar-refractivity contribution in [2.75, 3.05) is 6.54 Å². The van der Waals surface area contributed by atoms with E-state index < -0.39 is 0 Å². The molecule has 112 valence electrons. The number of imidazole rings is 1. The van der Waals surface area contributed by atoms with Crippen molar-refractivity contribution < 1.29 is 0 Å². The van der Waals surface area contributed by atoms with Crippen LogP contribution >= 0.6 is 0 Å². The number of rotatable bonds is 5. The van der Waals surface area contributed by atoms with Gasteiger partial charge in [0.1, 0.15) is 12.1 Å². The minimum Gasteiger partial charge on any atom is -0.310 e. The summed E-state index contributed by atoms with van der Waals surface area (Å²) in [6.45, 7) is 5.42. The molecule has 0 amide bonds. The summed E-state index contributed by atoms with van der Waals surface area (Å²) < 4.78 is 2.20. The highest BCUT2D eigenvalue weighted by Gasteiger charge is 2.19. The Kier molecular flexibility index (Phi) is 4.34. The van der Waals surface area contributed by atoms with E-state index in [2.05, 4.69) is 39.8 Å². The summed E-state index contributed by atoms with van der Waals surface area (Å²) in [7, 11) is 0. The molecule has 2 aromatic heterocycles. The first-order chi connectivity index (χ1) is 10.3. The first kappa shape index (κ1) is 14.3. The molecular formula is C17H24N4. The van der Waals surface area contributed by atoms with Gasteiger partial charge in [0.2, 0.25) is 0 Å². The van der Waals surface area contributed by atoms with Gasteiger partial charge in [0.25, 0.3) is 0 Å². The van der Waals surface area contributed by atoms with Crippen LogP contribution in [0.25, 0.3) is 5.82 Å². The van der Waals surface area contributed by atoms with Gasteiger partial charge in [0.15, 0.2) is 0 Å². The molecule has 2 heterocycles. The number of nitrogens with one attached hydrogen (secondary N) is 1. The molecule has 0 aliphatic heterocycles. The summed E-state index contributed by atoms with van der Waals surface area (Å²) in [5.74, 6) is 1.03. The summed E-state index contributed by atoms with van der Waals surface area (Å²) in [5.41, 5.74) is 3.85. The molecule has 0 saturated carbocycles. The number of aromatic nitrogens is 3. The summed E-state index contributed by atoms with van der Waals surface area (Å²) in [5, 5.41) is 3.56. The second-order valence-electron chi connectivity index (χ2n) is 5.81. The largest absolute Gasteiger partial charge is 0.310 e. The Balaban J connectivity index is 1.97. The molecule has 1 atom stereocenters.